The van der Waals surface area contributed by atoms with Crippen LogP contribution >= 0.6 is 11.6 Å². The van der Waals surface area contributed by atoms with Gasteiger partial charge in [0, 0.05) is 36.8 Å². The number of benzene rings is 1. The zero-order valence-electron chi connectivity index (χ0n) is 10.5. The quantitative estimate of drug-likeness (QED) is 0.693. The highest BCUT2D eigenvalue weighted by Crippen LogP contribution is 2.17. The van der Waals surface area contributed by atoms with Gasteiger partial charge in [-0.15, -0.1) is 0 Å². The van der Waals surface area contributed by atoms with E-state index in [0.717, 1.165) is 11.1 Å². The van der Waals surface area contributed by atoms with Gasteiger partial charge < -0.3 is 0 Å². The predicted octanol–water partition coefficient (Wildman–Crippen LogP) is 3.10. The van der Waals surface area contributed by atoms with Crippen molar-refractivity contribution < 1.29 is 4.79 Å². The van der Waals surface area contributed by atoms with Crippen LogP contribution in [0.2, 0.25) is 5.02 Å². The summed E-state index contributed by atoms with van der Waals surface area (Å²) >= 11 is 6.01. The van der Waals surface area contributed by atoms with Crippen LogP contribution in [0.3, 0.4) is 0 Å². The summed E-state index contributed by atoms with van der Waals surface area (Å²) in [6, 6.07) is 7.05. The minimum Gasteiger partial charge on any atom is -0.294 e. The van der Waals surface area contributed by atoms with Gasteiger partial charge in [-0.2, -0.15) is 0 Å². The van der Waals surface area contributed by atoms with Gasteiger partial charge in [0.1, 0.15) is 0 Å². The number of nitrogens with zero attached hydrogens (tertiary/aromatic N) is 3. The van der Waals surface area contributed by atoms with Gasteiger partial charge in [-0.25, -0.2) is 0 Å². The molecule has 1 aromatic carbocycles. The standard InChI is InChI=1S/C15H10ClN3O/c16-12-9-17-4-3-10(12)8-15(20)11-1-2-13-14(7-11)19-6-5-18-13/h1-7,9H,8H2. The van der Waals surface area contributed by atoms with E-state index in [1.807, 2.05) is 0 Å². The number of carbonyl (C=O) groups is 1. The van der Waals surface area contributed by atoms with E-state index in [2.05, 4.69) is 15.0 Å². The highest BCUT2D eigenvalue weighted by atomic mass is 35.5. The van der Waals surface area contributed by atoms with Gasteiger partial charge in [-0.05, 0) is 29.8 Å². The van der Waals surface area contributed by atoms with Gasteiger partial charge >= 0.3 is 0 Å². The molecular weight excluding hydrogens is 274 g/mol. The molecule has 0 unspecified atom stereocenters. The van der Waals surface area contributed by atoms with E-state index in [9.17, 15) is 4.79 Å². The minimum absolute atomic E-state index is 0.00865. The maximum atomic E-state index is 12.3. The predicted molar refractivity (Wildman–Crippen MR) is 76.8 cm³/mol. The number of halogens is 1. The fourth-order valence-electron chi connectivity index (χ4n) is 1.96. The van der Waals surface area contributed by atoms with Crippen LogP contribution in [0.1, 0.15) is 15.9 Å². The zero-order valence-corrected chi connectivity index (χ0v) is 11.2. The van der Waals surface area contributed by atoms with Crippen molar-refractivity contribution in [3.8, 4) is 0 Å². The van der Waals surface area contributed by atoms with Gasteiger partial charge in [0.15, 0.2) is 5.78 Å². The van der Waals surface area contributed by atoms with E-state index in [4.69, 9.17) is 11.6 Å². The average Bonchev–Trinajstić information content (AvgIpc) is 2.49. The van der Waals surface area contributed by atoms with Crippen molar-refractivity contribution in [2.75, 3.05) is 0 Å². The lowest BCUT2D eigenvalue weighted by atomic mass is 10.0. The summed E-state index contributed by atoms with van der Waals surface area (Å²) in [5.74, 6) is -0.00865. The lowest BCUT2D eigenvalue weighted by Gasteiger charge is -2.04. The van der Waals surface area contributed by atoms with Gasteiger partial charge in [-0.3, -0.25) is 19.7 Å². The monoisotopic (exact) mass is 283 g/mol. The number of Topliss-reactive ketones (excluding diaryl/α,β-unsaturated/α-hetero) is 1. The number of fused-ring (bicyclic) bond motifs is 1. The summed E-state index contributed by atoms with van der Waals surface area (Å²) < 4.78 is 0. The molecule has 0 spiro atoms. The van der Waals surface area contributed by atoms with Crippen molar-refractivity contribution >= 4 is 28.4 Å². The number of rotatable bonds is 3. The van der Waals surface area contributed by atoms with E-state index in [-0.39, 0.29) is 12.2 Å². The number of carbonyl (C=O) groups excluding carboxylic acids is 1. The van der Waals surface area contributed by atoms with Gasteiger partial charge in [0.25, 0.3) is 0 Å². The number of pyridine rings is 1. The van der Waals surface area contributed by atoms with Crippen LogP contribution in [0, 0.1) is 0 Å². The SMILES string of the molecule is O=C(Cc1ccncc1Cl)c1ccc2nccnc2c1. The molecule has 2 heterocycles. The van der Waals surface area contributed by atoms with Crippen molar-refractivity contribution in [2.45, 2.75) is 6.42 Å². The van der Waals surface area contributed by atoms with Crippen LogP contribution < -0.4 is 0 Å². The summed E-state index contributed by atoms with van der Waals surface area (Å²) in [5, 5.41) is 0.501. The third-order valence-corrected chi connectivity index (χ3v) is 3.34. The normalized spacial score (nSPS) is 10.7. The molecule has 0 aliphatic rings. The first-order chi connectivity index (χ1) is 9.74. The summed E-state index contributed by atoms with van der Waals surface area (Å²) in [6.07, 6.45) is 6.64. The van der Waals surface area contributed by atoms with Crippen LogP contribution in [-0.4, -0.2) is 20.7 Å². The van der Waals surface area contributed by atoms with Crippen LogP contribution in [-0.2, 0) is 6.42 Å². The fraction of sp³-hybridized carbons (Fsp3) is 0.0667. The molecule has 0 aliphatic heterocycles. The fourth-order valence-corrected chi connectivity index (χ4v) is 2.15. The minimum atomic E-state index is -0.00865. The van der Waals surface area contributed by atoms with Crippen molar-refractivity contribution in [2.24, 2.45) is 0 Å². The van der Waals surface area contributed by atoms with Crippen molar-refractivity contribution in [3.05, 3.63) is 65.2 Å². The highest BCUT2D eigenvalue weighted by Gasteiger charge is 2.10. The zero-order chi connectivity index (χ0) is 13.9. The Morgan fingerprint density at radius 3 is 2.65 bits per heavy atom. The summed E-state index contributed by atoms with van der Waals surface area (Å²) in [7, 11) is 0. The van der Waals surface area contributed by atoms with E-state index >= 15 is 0 Å². The Labute approximate surface area is 120 Å². The Morgan fingerprint density at radius 1 is 1.05 bits per heavy atom. The number of hydrogen-bond donors (Lipinski definition) is 0. The molecule has 0 fully saturated rings. The van der Waals surface area contributed by atoms with E-state index in [0.29, 0.717) is 16.1 Å². The van der Waals surface area contributed by atoms with Crippen molar-refractivity contribution in [1.82, 2.24) is 15.0 Å². The second-order valence-electron chi connectivity index (χ2n) is 4.33. The second-order valence-corrected chi connectivity index (χ2v) is 4.73. The average molecular weight is 284 g/mol. The van der Waals surface area contributed by atoms with Crippen LogP contribution in [0.15, 0.2) is 49.1 Å². The molecule has 0 aliphatic carbocycles. The lowest BCUT2D eigenvalue weighted by Crippen LogP contribution is -2.04. The van der Waals surface area contributed by atoms with Crippen molar-refractivity contribution in [1.29, 1.82) is 0 Å². The topological polar surface area (TPSA) is 55.7 Å². The number of hydrogen-bond acceptors (Lipinski definition) is 4. The molecule has 0 radical (unpaired) electrons. The van der Waals surface area contributed by atoms with Gasteiger partial charge in [-0.1, -0.05) is 11.6 Å². The summed E-state index contributed by atoms with van der Waals surface area (Å²) in [4.78, 5) is 24.6. The van der Waals surface area contributed by atoms with E-state index in [1.165, 1.54) is 6.20 Å². The molecule has 0 bridgehead atoms. The van der Waals surface area contributed by atoms with Crippen molar-refractivity contribution in [3.63, 3.8) is 0 Å². The molecular formula is C15H10ClN3O. The summed E-state index contributed by atoms with van der Waals surface area (Å²) in [6.45, 7) is 0. The molecule has 3 rings (SSSR count). The number of ketones is 1. The molecule has 2 aromatic heterocycles. The Bertz CT molecular complexity index is 789. The molecule has 0 saturated heterocycles. The third-order valence-electron chi connectivity index (χ3n) is 3.00. The molecule has 5 heteroatoms. The Hall–Kier alpha value is -2.33. The molecule has 4 nitrogen and oxygen atoms in total. The van der Waals surface area contributed by atoms with Crippen LogP contribution in [0.5, 0.6) is 0 Å². The molecule has 0 saturated carbocycles. The largest absolute Gasteiger partial charge is 0.294 e. The number of aromatic nitrogens is 3. The molecule has 0 amide bonds. The molecule has 0 atom stereocenters. The summed E-state index contributed by atoms with van der Waals surface area (Å²) in [5.41, 5.74) is 2.85. The maximum Gasteiger partial charge on any atom is 0.167 e. The molecule has 20 heavy (non-hydrogen) atoms. The van der Waals surface area contributed by atoms with Gasteiger partial charge in [0.05, 0.1) is 16.1 Å². The van der Waals surface area contributed by atoms with Gasteiger partial charge in [0.2, 0.25) is 0 Å². The first kappa shape index (κ1) is 12.7. The molecule has 0 N–H and O–H groups in total. The second kappa shape index (κ2) is 5.35. The van der Waals surface area contributed by atoms with E-state index < -0.39 is 0 Å². The van der Waals surface area contributed by atoms with Crippen LogP contribution in [0.4, 0.5) is 0 Å². The smallest absolute Gasteiger partial charge is 0.167 e. The third kappa shape index (κ3) is 2.51. The molecule has 98 valence electrons. The first-order valence-corrected chi connectivity index (χ1v) is 6.44. The highest BCUT2D eigenvalue weighted by molar-refractivity contribution is 6.31. The first-order valence-electron chi connectivity index (χ1n) is 6.06. The lowest BCUT2D eigenvalue weighted by molar-refractivity contribution is 0.0993. The van der Waals surface area contributed by atoms with E-state index in [1.54, 1.807) is 42.9 Å². The van der Waals surface area contributed by atoms with Crippen LogP contribution in [0.25, 0.3) is 11.0 Å². The maximum absolute atomic E-state index is 12.3. The Balaban J connectivity index is 1.91. The molecule has 3 aromatic rings. The Morgan fingerprint density at radius 2 is 1.85 bits per heavy atom. The Kier molecular flexibility index (Phi) is 3.39.